The Morgan fingerprint density at radius 1 is 1.17 bits per heavy atom. The first-order valence-corrected chi connectivity index (χ1v) is 4.86. The van der Waals surface area contributed by atoms with E-state index in [1.54, 1.807) is 0 Å². The molecular formula is C9H22N2O. The maximum absolute atomic E-state index is 5.60. The molecule has 0 spiro atoms. The molecule has 0 aliphatic heterocycles. The van der Waals surface area contributed by atoms with Crippen LogP contribution < -0.4 is 11.5 Å². The van der Waals surface area contributed by atoms with Gasteiger partial charge in [0, 0.05) is 6.61 Å². The molecule has 0 heterocycles. The maximum atomic E-state index is 5.60. The number of rotatable bonds is 8. The molecule has 0 aliphatic carbocycles. The van der Waals surface area contributed by atoms with Gasteiger partial charge in [-0.1, -0.05) is 6.92 Å². The molecule has 0 radical (unpaired) electrons. The van der Waals surface area contributed by atoms with E-state index >= 15 is 0 Å². The molecule has 3 nitrogen and oxygen atoms in total. The van der Waals surface area contributed by atoms with Gasteiger partial charge in [-0.25, -0.2) is 0 Å². The molecule has 0 aliphatic rings. The lowest BCUT2D eigenvalue weighted by Gasteiger charge is -2.15. The summed E-state index contributed by atoms with van der Waals surface area (Å²) >= 11 is 0. The van der Waals surface area contributed by atoms with Crippen molar-refractivity contribution in [2.45, 2.75) is 38.7 Å². The summed E-state index contributed by atoms with van der Waals surface area (Å²) in [4.78, 5) is 0. The van der Waals surface area contributed by atoms with E-state index < -0.39 is 0 Å². The summed E-state index contributed by atoms with van der Waals surface area (Å²) < 4.78 is 5.60. The van der Waals surface area contributed by atoms with Crippen molar-refractivity contribution in [3.63, 3.8) is 0 Å². The van der Waals surface area contributed by atoms with Crippen molar-refractivity contribution in [1.29, 1.82) is 0 Å². The van der Waals surface area contributed by atoms with Gasteiger partial charge in [0.25, 0.3) is 0 Å². The van der Waals surface area contributed by atoms with Crippen molar-refractivity contribution in [1.82, 2.24) is 0 Å². The monoisotopic (exact) mass is 174 g/mol. The van der Waals surface area contributed by atoms with Crippen LogP contribution >= 0.6 is 0 Å². The summed E-state index contributed by atoms with van der Waals surface area (Å²) in [6.07, 6.45) is 4.45. The summed E-state index contributed by atoms with van der Waals surface area (Å²) in [6, 6.07) is 0. The van der Waals surface area contributed by atoms with E-state index in [0.717, 1.165) is 38.8 Å². The van der Waals surface area contributed by atoms with E-state index in [0.29, 0.717) is 12.6 Å². The lowest BCUT2D eigenvalue weighted by molar-refractivity contribution is 0.0428. The van der Waals surface area contributed by atoms with Gasteiger partial charge in [0.15, 0.2) is 0 Å². The molecule has 0 fully saturated rings. The molecule has 3 heteroatoms. The molecule has 4 N–H and O–H groups in total. The van der Waals surface area contributed by atoms with E-state index in [1.165, 1.54) is 0 Å². The lowest BCUT2D eigenvalue weighted by atomic mass is 10.1. The van der Waals surface area contributed by atoms with Gasteiger partial charge < -0.3 is 16.2 Å². The quantitative estimate of drug-likeness (QED) is 0.574. The third-order valence-electron chi connectivity index (χ3n) is 1.78. The molecule has 0 aromatic heterocycles. The van der Waals surface area contributed by atoms with E-state index in [-0.39, 0.29) is 0 Å². The summed E-state index contributed by atoms with van der Waals surface area (Å²) in [6.45, 7) is 4.41. The molecule has 0 saturated carbocycles. The highest BCUT2D eigenvalue weighted by atomic mass is 16.5. The van der Waals surface area contributed by atoms with Gasteiger partial charge in [0.05, 0.1) is 6.10 Å². The molecule has 0 saturated heterocycles. The van der Waals surface area contributed by atoms with E-state index in [9.17, 15) is 0 Å². The van der Waals surface area contributed by atoms with Crippen molar-refractivity contribution >= 4 is 0 Å². The van der Waals surface area contributed by atoms with Crippen LogP contribution in [0, 0.1) is 0 Å². The predicted octanol–water partition coefficient (Wildman–Crippen LogP) is 0.869. The molecule has 1 atom stereocenters. The fraction of sp³-hybridized carbons (Fsp3) is 1.00. The molecule has 1 unspecified atom stereocenters. The Balaban J connectivity index is 3.40. The third kappa shape index (κ3) is 6.58. The summed E-state index contributed by atoms with van der Waals surface area (Å²) in [5.41, 5.74) is 10.9. The molecule has 12 heavy (non-hydrogen) atoms. The summed E-state index contributed by atoms with van der Waals surface area (Å²) in [5.74, 6) is 0. The van der Waals surface area contributed by atoms with Gasteiger partial charge in [-0.15, -0.1) is 0 Å². The first-order chi connectivity index (χ1) is 5.85. The normalized spacial score (nSPS) is 13.2. The highest BCUT2D eigenvalue weighted by Crippen LogP contribution is 2.05. The average molecular weight is 174 g/mol. The topological polar surface area (TPSA) is 61.3 Å². The molecule has 0 amide bonds. The summed E-state index contributed by atoms with van der Waals surface area (Å²) in [7, 11) is 0. The van der Waals surface area contributed by atoms with Crippen LogP contribution in [0.15, 0.2) is 0 Å². The maximum Gasteiger partial charge on any atom is 0.0587 e. The van der Waals surface area contributed by atoms with Crippen LogP contribution in [0.3, 0.4) is 0 Å². The Bertz CT molecular complexity index is 80.6. The van der Waals surface area contributed by atoms with Gasteiger partial charge in [-0.2, -0.15) is 0 Å². The van der Waals surface area contributed by atoms with Crippen LogP contribution in [-0.2, 0) is 4.74 Å². The van der Waals surface area contributed by atoms with Crippen molar-refractivity contribution < 1.29 is 4.74 Å². The van der Waals surface area contributed by atoms with Crippen molar-refractivity contribution in [2.75, 3.05) is 19.7 Å². The largest absolute Gasteiger partial charge is 0.378 e. The van der Waals surface area contributed by atoms with E-state index in [2.05, 4.69) is 6.92 Å². The second-order valence-corrected chi connectivity index (χ2v) is 3.00. The van der Waals surface area contributed by atoms with Gasteiger partial charge in [0.2, 0.25) is 0 Å². The average Bonchev–Trinajstić information content (AvgIpc) is 2.10. The molecule has 0 rings (SSSR count). The van der Waals surface area contributed by atoms with E-state index in [1.807, 2.05) is 0 Å². The minimum atomic E-state index is 0.332. The minimum Gasteiger partial charge on any atom is -0.378 e. The van der Waals surface area contributed by atoms with Crippen molar-refractivity contribution in [2.24, 2.45) is 11.5 Å². The zero-order valence-electron chi connectivity index (χ0n) is 8.09. The zero-order chi connectivity index (χ0) is 9.23. The van der Waals surface area contributed by atoms with Crippen molar-refractivity contribution in [3.8, 4) is 0 Å². The Kier molecular flexibility index (Phi) is 8.88. The Hall–Kier alpha value is -0.120. The lowest BCUT2D eigenvalue weighted by Crippen LogP contribution is -2.19. The van der Waals surface area contributed by atoms with E-state index in [4.69, 9.17) is 16.2 Å². The van der Waals surface area contributed by atoms with Crippen LogP contribution in [0.5, 0.6) is 0 Å². The Labute approximate surface area is 75.5 Å². The van der Waals surface area contributed by atoms with Gasteiger partial charge >= 0.3 is 0 Å². The molecule has 74 valence electrons. The summed E-state index contributed by atoms with van der Waals surface area (Å²) in [5, 5.41) is 0. The number of nitrogens with two attached hydrogens (primary N) is 2. The second-order valence-electron chi connectivity index (χ2n) is 3.00. The third-order valence-corrected chi connectivity index (χ3v) is 1.78. The Morgan fingerprint density at radius 2 is 1.92 bits per heavy atom. The van der Waals surface area contributed by atoms with Gasteiger partial charge in [0.1, 0.15) is 0 Å². The number of hydrogen-bond donors (Lipinski definition) is 2. The second kappa shape index (κ2) is 8.97. The molecular weight excluding hydrogens is 152 g/mol. The van der Waals surface area contributed by atoms with Gasteiger partial charge in [-0.3, -0.25) is 0 Å². The fourth-order valence-electron chi connectivity index (χ4n) is 1.13. The van der Waals surface area contributed by atoms with Crippen LogP contribution in [0.2, 0.25) is 0 Å². The molecule has 0 aromatic rings. The highest BCUT2D eigenvalue weighted by Gasteiger charge is 2.06. The standard InChI is InChI=1S/C9H22N2O/c1-2-8-12-9(5-7-11)4-3-6-10/h9H,2-8,10-11H2,1H3. The Morgan fingerprint density at radius 3 is 2.42 bits per heavy atom. The minimum absolute atomic E-state index is 0.332. The number of ether oxygens (including phenoxy) is 1. The van der Waals surface area contributed by atoms with Crippen LogP contribution in [0.25, 0.3) is 0 Å². The molecule has 0 aromatic carbocycles. The SMILES string of the molecule is CCCOC(CCN)CCCN. The van der Waals surface area contributed by atoms with Crippen molar-refractivity contribution in [3.05, 3.63) is 0 Å². The highest BCUT2D eigenvalue weighted by molar-refractivity contribution is 4.59. The zero-order valence-corrected chi connectivity index (χ0v) is 8.09. The fourth-order valence-corrected chi connectivity index (χ4v) is 1.13. The first-order valence-electron chi connectivity index (χ1n) is 4.86. The smallest absolute Gasteiger partial charge is 0.0587 e. The molecule has 0 bridgehead atoms. The predicted molar refractivity (Wildman–Crippen MR) is 52.0 cm³/mol. The van der Waals surface area contributed by atoms with Crippen LogP contribution in [0.1, 0.15) is 32.6 Å². The number of hydrogen-bond acceptors (Lipinski definition) is 3. The first kappa shape index (κ1) is 11.9. The van der Waals surface area contributed by atoms with Gasteiger partial charge in [-0.05, 0) is 38.8 Å². The van der Waals surface area contributed by atoms with Crippen LogP contribution in [0.4, 0.5) is 0 Å². The van der Waals surface area contributed by atoms with Crippen LogP contribution in [-0.4, -0.2) is 25.8 Å².